The van der Waals surface area contributed by atoms with E-state index in [0.717, 1.165) is 21.9 Å². The third-order valence-corrected chi connectivity index (χ3v) is 8.00. The van der Waals surface area contributed by atoms with Gasteiger partial charge in [-0.2, -0.15) is 0 Å². The third kappa shape index (κ3) is 8.37. The highest BCUT2D eigenvalue weighted by molar-refractivity contribution is 5.93. The van der Waals surface area contributed by atoms with E-state index in [0.29, 0.717) is 11.1 Å². The predicted molar refractivity (Wildman–Crippen MR) is 187 cm³/mol. The number of hydrogen-bond donors (Lipinski definition) is 3. The van der Waals surface area contributed by atoms with Crippen molar-refractivity contribution >= 4 is 34.8 Å². The lowest BCUT2D eigenvalue weighted by molar-refractivity contribution is -0.123. The van der Waals surface area contributed by atoms with Crippen LogP contribution in [0.15, 0.2) is 119 Å². The maximum atomic E-state index is 13.8. The molecule has 2 atom stereocenters. The smallest absolute Gasteiger partial charge is 0.412 e. The van der Waals surface area contributed by atoms with E-state index in [1.807, 2.05) is 24.3 Å². The van der Waals surface area contributed by atoms with Gasteiger partial charge in [-0.15, -0.1) is 0 Å². The second-order valence-corrected chi connectivity index (χ2v) is 11.6. The molecule has 2 heterocycles. The molecule has 2 unspecified atom stereocenters. The summed E-state index contributed by atoms with van der Waals surface area (Å²) in [5.41, 5.74) is 1.57. The Morgan fingerprint density at radius 2 is 1.63 bits per heavy atom. The Morgan fingerprint density at radius 1 is 0.942 bits per heavy atom. The lowest BCUT2D eigenvalue weighted by Crippen LogP contribution is -2.44. The quantitative estimate of drug-likeness (QED) is 0.144. The Balaban J connectivity index is 1.28. The summed E-state index contributed by atoms with van der Waals surface area (Å²) in [6.45, 7) is -0.663. The molecule has 4 aromatic carbocycles. The molecule has 0 aliphatic heterocycles. The Morgan fingerprint density at radius 3 is 2.33 bits per heavy atom. The molecule has 2 amide bonds. The van der Waals surface area contributed by atoms with Crippen LogP contribution in [-0.2, 0) is 33.8 Å². The van der Waals surface area contributed by atoms with Crippen molar-refractivity contribution in [3.63, 3.8) is 0 Å². The summed E-state index contributed by atoms with van der Waals surface area (Å²) in [6.07, 6.45) is -1.14. The Hall–Kier alpha value is -6.67. The number of nitrogens with one attached hydrogen (secondary N) is 2. The van der Waals surface area contributed by atoms with Crippen LogP contribution in [0.3, 0.4) is 0 Å². The van der Waals surface area contributed by atoms with Crippen LogP contribution in [0, 0.1) is 5.82 Å². The lowest BCUT2D eigenvalue weighted by atomic mass is 10.0. The number of amides is 2. The number of aliphatic hydroxyl groups excluding tert-OH is 1. The standard InChI is InChI=1S/C38H32FN5O8/c1-50-37(48)26-14-17-31-28(19-26)42-35(52-31)33(46)29(18-23-8-4-2-5-9-23)41-32(45)21-44-34(25-12-15-27(39)16-13-25)40-20-30(36(44)47)43-38(49)51-22-24-10-6-3-7-11-24/h2-17,19-20,29,33,46H,18,21-22H2,1H3,(H,41,45)(H,43,49). The molecule has 13 nitrogen and oxygen atoms in total. The number of carbonyl (C=O) groups is 3. The fourth-order valence-electron chi connectivity index (χ4n) is 5.42. The average Bonchev–Trinajstić information content (AvgIpc) is 3.60. The topological polar surface area (TPSA) is 175 Å². The van der Waals surface area contributed by atoms with Gasteiger partial charge in [0.2, 0.25) is 11.8 Å². The highest BCUT2D eigenvalue weighted by atomic mass is 19.1. The number of fused-ring (bicyclic) bond motifs is 1. The highest BCUT2D eigenvalue weighted by Crippen LogP contribution is 2.26. The van der Waals surface area contributed by atoms with Gasteiger partial charge in [0.05, 0.1) is 24.9 Å². The van der Waals surface area contributed by atoms with Gasteiger partial charge in [0.25, 0.3) is 5.56 Å². The molecule has 6 rings (SSSR count). The van der Waals surface area contributed by atoms with E-state index in [4.69, 9.17) is 13.9 Å². The molecule has 14 heteroatoms. The van der Waals surface area contributed by atoms with E-state index in [1.165, 1.54) is 49.6 Å². The Bertz CT molecular complexity index is 2260. The number of hydrogen-bond acceptors (Lipinski definition) is 10. The molecule has 0 aliphatic rings. The first-order valence-corrected chi connectivity index (χ1v) is 16.0. The number of aliphatic hydroxyl groups is 1. The average molecular weight is 706 g/mol. The van der Waals surface area contributed by atoms with Gasteiger partial charge in [-0.1, -0.05) is 60.7 Å². The van der Waals surface area contributed by atoms with Crippen LogP contribution in [0.4, 0.5) is 14.9 Å². The van der Waals surface area contributed by atoms with Crippen LogP contribution in [0.5, 0.6) is 0 Å². The van der Waals surface area contributed by atoms with Crippen LogP contribution < -0.4 is 16.2 Å². The molecule has 0 saturated heterocycles. The van der Waals surface area contributed by atoms with Gasteiger partial charge in [-0.05, 0) is 60.0 Å². The maximum absolute atomic E-state index is 13.8. The van der Waals surface area contributed by atoms with E-state index < -0.39 is 48.0 Å². The lowest BCUT2D eigenvalue weighted by Gasteiger charge is -2.23. The van der Waals surface area contributed by atoms with Crippen molar-refractivity contribution < 1.29 is 37.8 Å². The molecule has 52 heavy (non-hydrogen) atoms. The number of rotatable bonds is 12. The zero-order valence-corrected chi connectivity index (χ0v) is 27.7. The van der Waals surface area contributed by atoms with Crippen molar-refractivity contribution in [1.82, 2.24) is 19.9 Å². The summed E-state index contributed by atoms with van der Waals surface area (Å²) in [5.74, 6) is -1.91. The van der Waals surface area contributed by atoms with Gasteiger partial charge in [0.1, 0.15) is 36.0 Å². The van der Waals surface area contributed by atoms with Gasteiger partial charge < -0.3 is 24.3 Å². The zero-order chi connectivity index (χ0) is 36.6. The molecule has 0 bridgehead atoms. The molecule has 6 aromatic rings. The predicted octanol–water partition coefficient (Wildman–Crippen LogP) is 5.19. The van der Waals surface area contributed by atoms with E-state index in [-0.39, 0.29) is 41.5 Å². The monoisotopic (exact) mass is 705 g/mol. The first kappa shape index (κ1) is 35.2. The number of esters is 1. The largest absolute Gasteiger partial charge is 0.465 e. The Labute approximate surface area is 295 Å². The second kappa shape index (κ2) is 15.9. The summed E-state index contributed by atoms with van der Waals surface area (Å²) < 4.78 is 30.7. The number of anilines is 1. The summed E-state index contributed by atoms with van der Waals surface area (Å²) in [7, 11) is 1.25. The number of oxazole rings is 1. The molecular formula is C38H32FN5O8. The van der Waals surface area contributed by atoms with Crippen molar-refractivity contribution in [3.8, 4) is 11.4 Å². The molecule has 0 aliphatic carbocycles. The highest BCUT2D eigenvalue weighted by Gasteiger charge is 2.29. The second-order valence-electron chi connectivity index (χ2n) is 11.6. The molecule has 0 spiro atoms. The SMILES string of the molecule is COC(=O)c1ccc2oc(C(O)C(Cc3ccccc3)NC(=O)Cn3c(-c4ccc(F)cc4)ncc(NC(=O)OCc4ccccc4)c3=O)nc2c1. The number of carbonyl (C=O) groups excluding carboxylic acids is 3. The fourth-order valence-corrected chi connectivity index (χ4v) is 5.42. The van der Waals surface area contributed by atoms with Crippen molar-refractivity contribution in [3.05, 3.63) is 148 Å². The normalized spacial score (nSPS) is 12.1. The van der Waals surface area contributed by atoms with Crippen LogP contribution >= 0.6 is 0 Å². The molecular weight excluding hydrogens is 673 g/mol. The number of halogens is 1. The van der Waals surface area contributed by atoms with Crippen molar-refractivity contribution in [2.45, 2.75) is 31.7 Å². The Kier molecular flexibility index (Phi) is 10.8. The van der Waals surface area contributed by atoms with Crippen LogP contribution in [0.1, 0.15) is 33.5 Å². The molecule has 0 fully saturated rings. The van der Waals surface area contributed by atoms with E-state index in [2.05, 4.69) is 20.6 Å². The first-order valence-electron chi connectivity index (χ1n) is 16.0. The third-order valence-electron chi connectivity index (χ3n) is 8.00. The van der Waals surface area contributed by atoms with E-state index >= 15 is 0 Å². The van der Waals surface area contributed by atoms with Gasteiger partial charge in [0.15, 0.2) is 11.7 Å². The summed E-state index contributed by atoms with van der Waals surface area (Å²) >= 11 is 0. The fraction of sp³-hybridized carbons (Fsp3) is 0.158. The number of benzene rings is 4. The van der Waals surface area contributed by atoms with E-state index in [1.54, 1.807) is 36.4 Å². The van der Waals surface area contributed by atoms with Gasteiger partial charge in [0, 0.05) is 5.56 Å². The molecule has 2 aromatic heterocycles. The number of ether oxygens (including phenoxy) is 2. The first-order chi connectivity index (χ1) is 25.2. The van der Waals surface area contributed by atoms with Crippen LogP contribution in [-0.4, -0.2) is 50.8 Å². The minimum absolute atomic E-state index is 0.0175. The van der Waals surface area contributed by atoms with Crippen molar-refractivity contribution in [1.29, 1.82) is 0 Å². The summed E-state index contributed by atoms with van der Waals surface area (Å²) in [4.78, 5) is 60.9. The number of nitrogens with zero attached hydrogens (tertiary/aromatic N) is 3. The zero-order valence-electron chi connectivity index (χ0n) is 27.7. The van der Waals surface area contributed by atoms with Gasteiger partial charge in [-0.3, -0.25) is 19.5 Å². The summed E-state index contributed by atoms with van der Waals surface area (Å²) in [6, 6.07) is 26.6. The van der Waals surface area contributed by atoms with Gasteiger partial charge in [-0.25, -0.2) is 23.9 Å². The van der Waals surface area contributed by atoms with Gasteiger partial charge >= 0.3 is 12.1 Å². The van der Waals surface area contributed by atoms with Crippen molar-refractivity contribution in [2.24, 2.45) is 0 Å². The number of aromatic nitrogens is 3. The summed E-state index contributed by atoms with van der Waals surface area (Å²) in [5, 5.41) is 16.7. The molecule has 3 N–H and O–H groups in total. The molecule has 0 saturated carbocycles. The minimum atomic E-state index is -1.48. The molecule has 0 radical (unpaired) electrons. The number of methoxy groups -OCH3 is 1. The van der Waals surface area contributed by atoms with Crippen LogP contribution in [0.2, 0.25) is 0 Å². The maximum Gasteiger partial charge on any atom is 0.412 e. The van der Waals surface area contributed by atoms with E-state index in [9.17, 15) is 28.7 Å². The van der Waals surface area contributed by atoms with Crippen molar-refractivity contribution in [2.75, 3.05) is 12.4 Å². The molecule has 264 valence electrons. The van der Waals surface area contributed by atoms with Crippen LogP contribution in [0.25, 0.3) is 22.5 Å². The minimum Gasteiger partial charge on any atom is -0.465 e.